The third-order valence-corrected chi connectivity index (χ3v) is 5.44. The maximum atomic E-state index is 14.8. The molecule has 11 heteroatoms. The van der Waals surface area contributed by atoms with Crippen LogP contribution in [0.5, 0.6) is 11.5 Å². The summed E-state index contributed by atoms with van der Waals surface area (Å²) in [6, 6.07) is 8.31. The number of halogens is 9. The first-order valence-corrected chi connectivity index (χ1v) is 11.5. The summed E-state index contributed by atoms with van der Waals surface area (Å²) >= 11 is 0. The number of hydrogen-bond donors (Lipinski definition) is 0. The van der Waals surface area contributed by atoms with Crippen molar-refractivity contribution in [3.63, 3.8) is 0 Å². The lowest BCUT2D eigenvalue weighted by molar-refractivity contribution is -0.189. The Morgan fingerprint density at radius 2 is 1.20 bits per heavy atom. The largest absolute Gasteiger partial charge is 0.490 e. The third-order valence-electron chi connectivity index (χ3n) is 5.44. The Morgan fingerprint density at radius 3 is 1.73 bits per heavy atom. The molecular weight excluding hydrogens is 563 g/mol. The molecule has 0 aromatic heterocycles. The van der Waals surface area contributed by atoms with E-state index in [1.165, 1.54) is 0 Å². The van der Waals surface area contributed by atoms with E-state index in [2.05, 4.69) is 23.2 Å². The molecule has 0 heterocycles. The molecule has 0 aliphatic rings. The van der Waals surface area contributed by atoms with E-state index in [1.807, 2.05) is 0 Å². The molecule has 0 radical (unpaired) electrons. The Morgan fingerprint density at radius 1 is 0.659 bits per heavy atom. The standard InChI is InChI=1S/C30H15F9O2/c1-2-9-40-19-7-5-16(6-8-19)3-4-17-10-23(33)28(24(34)11-17)30(38,39)41-20-14-21(31)27(22(32)15-20)18-12-25(35)29(37)26(36)13-18/h2,5-8,10-15H,1,9H2. The second kappa shape index (κ2) is 11.7. The van der Waals surface area contributed by atoms with Crippen LogP contribution in [0.1, 0.15) is 16.7 Å². The lowest BCUT2D eigenvalue weighted by Crippen LogP contribution is -2.25. The second-order valence-corrected chi connectivity index (χ2v) is 8.32. The van der Waals surface area contributed by atoms with Crippen molar-refractivity contribution in [2.24, 2.45) is 0 Å². The zero-order valence-corrected chi connectivity index (χ0v) is 20.5. The highest BCUT2D eigenvalue weighted by molar-refractivity contribution is 5.66. The molecule has 0 saturated heterocycles. The monoisotopic (exact) mass is 578 g/mol. The topological polar surface area (TPSA) is 18.5 Å². The van der Waals surface area contributed by atoms with Crippen molar-refractivity contribution >= 4 is 0 Å². The maximum Gasteiger partial charge on any atom is 0.432 e. The van der Waals surface area contributed by atoms with Crippen LogP contribution in [0.3, 0.4) is 0 Å². The summed E-state index contributed by atoms with van der Waals surface area (Å²) in [6.07, 6.45) is -3.22. The van der Waals surface area contributed by atoms with Crippen molar-refractivity contribution in [2.75, 3.05) is 6.61 Å². The van der Waals surface area contributed by atoms with Crippen molar-refractivity contribution in [3.8, 4) is 34.5 Å². The summed E-state index contributed by atoms with van der Waals surface area (Å²) in [6.45, 7) is 3.79. The van der Waals surface area contributed by atoms with Gasteiger partial charge in [0.1, 0.15) is 46.9 Å². The van der Waals surface area contributed by atoms with Gasteiger partial charge in [0, 0.05) is 23.3 Å². The van der Waals surface area contributed by atoms with Crippen LogP contribution in [-0.4, -0.2) is 6.61 Å². The van der Waals surface area contributed by atoms with Gasteiger partial charge in [-0.15, -0.1) is 0 Å². The predicted octanol–water partition coefficient (Wildman–Crippen LogP) is 8.42. The molecule has 0 atom stereocenters. The first-order valence-electron chi connectivity index (χ1n) is 11.5. The van der Waals surface area contributed by atoms with Crippen LogP contribution in [-0.2, 0) is 6.11 Å². The van der Waals surface area contributed by atoms with Crippen molar-refractivity contribution in [3.05, 3.63) is 131 Å². The normalized spacial score (nSPS) is 11.0. The molecule has 0 aliphatic heterocycles. The van der Waals surface area contributed by atoms with Gasteiger partial charge in [-0.1, -0.05) is 24.5 Å². The van der Waals surface area contributed by atoms with E-state index in [4.69, 9.17) is 4.74 Å². The third kappa shape index (κ3) is 6.49. The smallest absolute Gasteiger partial charge is 0.432 e. The zero-order valence-electron chi connectivity index (χ0n) is 20.5. The molecule has 41 heavy (non-hydrogen) atoms. The predicted molar refractivity (Wildman–Crippen MR) is 131 cm³/mol. The molecule has 2 nitrogen and oxygen atoms in total. The summed E-state index contributed by atoms with van der Waals surface area (Å²) < 4.78 is 138. The molecule has 4 aromatic rings. The first kappa shape index (κ1) is 29.1. The molecule has 0 fully saturated rings. The average Bonchev–Trinajstić information content (AvgIpc) is 2.88. The Hall–Kier alpha value is -4.85. The molecule has 0 saturated carbocycles. The van der Waals surface area contributed by atoms with Crippen molar-refractivity contribution < 1.29 is 49.0 Å². The summed E-state index contributed by atoms with van der Waals surface area (Å²) in [7, 11) is 0. The molecule has 0 bridgehead atoms. The number of benzene rings is 4. The van der Waals surface area contributed by atoms with Crippen LogP contribution < -0.4 is 9.47 Å². The van der Waals surface area contributed by atoms with Crippen LogP contribution in [0.4, 0.5) is 39.5 Å². The molecule has 4 aromatic carbocycles. The van der Waals surface area contributed by atoms with E-state index < -0.39 is 69.3 Å². The van der Waals surface area contributed by atoms with Gasteiger partial charge in [0.25, 0.3) is 0 Å². The molecule has 0 amide bonds. The lowest BCUT2D eigenvalue weighted by atomic mass is 10.0. The second-order valence-electron chi connectivity index (χ2n) is 8.32. The molecule has 4 rings (SSSR count). The van der Waals surface area contributed by atoms with Gasteiger partial charge in [0.2, 0.25) is 0 Å². The van der Waals surface area contributed by atoms with Crippen molar-refractivity contribution in [1.29, 1.82) is 0 Å². The van der Waals surface area contributed by atoms with Crippen LogP contribution in [0, 0.1) is 52.6 Å². The van der Waals surface area contributed by atoms with Crippen LogP contribution >= 0.6 is 0 Å². The van der Waals surface area contributed by atoms with Crippen molar-refractivity contribution in [2.45, 2.75) is 6.11 Å². The first-order chi connectivity index (χ1) is 19.4. The molecule has 0 spiro atoms. The van der Waals surface area contributed by atoms with Crippen LogP contribution in [0.2, 0.25) is 0 Å². The maximum absolute atomic E-state index is 14.8. The highest BCUT2D eigenvalue weighted by Gasteiger charge is 2.41. The Bertz CT molecular complexity index is 1620. The molecule has 0 N–H and O–H groups in total. The fraction of sp³-hybridized carbons (Fsp3) is 0.0667. The van der Waals surface area contributed by atoms with Gasteiger partial charge in [-0.2, -0.15) is 8.78 Å². The summed E-state index contributed by atoms with van der Waals surface area (Å²) in [5.74, 6) is -7.83. The molecular formula is C30H15F9O2. The van der Waals surface area contributed by atoms with E-state index in [1.54, 1.807) is 30.3 Å². The molecule has 210 valence electrons. The quantitative estimate of drug-likeness (QED) is 0.0949. The van der Waals surface area contributed by atoms with E-state index >= 15 is 0 Å². The Labute approximate surface area is 227 Å². The van der Waals surface area contributed by atoms with Gasteiger partial charge in [-0.3, -0.25) is 0 Å². The highest BCUT2D eigenvalue weighted by atomic mass is 19.3. The minimum Gasteiger partial charge on any atom is -0.490 e. The van der Waals surface area contributed by atoms with Crippen LogP contribution in [0.25, 0.3) is 11.1 Å². The van der Waals surface area contributed by atoms with E-state index in [9.17, 15) is 39.5 Å². The van der Waals surface area contributed by atoms with Gasteiger partial charge in [0.05, 0.1) is 5.56 Å². The number of rotatable bonds is 7. The van der Waals surface area contributed by atoms with Crippen LogP contribution in [0.15, 0.2) is 73.3 Å². The number of alkyl halides is 2. The van der Waals surface area contributed by atoms with Crippen molar-refractivity contribution in [1.82, 2.24) is 0 Å². The van der Waals surface area contributed by atoms with Gasteiger partial charge in [-0.25, -0.2) is 30.7 Å². The minimum absolute atomic E-state index is 0.203. The fourth-order valence-electron chi connectivity index (χ4n) is 3.64. The van der Waals surface area contributed by atoms with Gasteiger partial charge >= 0.3 is 6.11 Å². The van der Waals surface area contributed by atoms with E-state index in [0.29, 0.717) is 23.4 Å². The minimum atomic E-state index is -4.77. The Balaban J connectivity index is 1.58. The van der Waals surface area contributed by atoms with E-state index in [0.717, 1.165) is 0 Å². The average molecular weight is 578 g/mol. The summed E-state index contributed by atoms with van der Waals surface area (Å²) in [5.41, 5.74) is -3.60. The SMILES string of the molecule is C=CCOc1ccc(C#Cc2cc(F)c(C(F)(F)Oc3cc(F)c(-c4cc(F)c(F)c(F)c4)c(F)c3)c(F)c2)cc1. The van der Waals surface area contributed by atoms with Gasteiger partial charge < -0.3 is 9.47 Å². The molecule has 0 unspecified atom stereocenters. The van der Waals surface area contributed by atoms with E-state index in [-0.39, 0.29) is 36.4 Å². The summed E-state index contributed by atoms with van der Waals surface area (Å²) in [5, 5.41) is 0. The molecule has 0 aliphatic carbocycles. The zero-order chi connectivity index (χ0) is 29.9. The number of hydrogen-bond acceptors (Lipinski definition) is 2. The van der Waals surface area contributed by atoms with Gasteiger partial charge in [-0.05, 0) is 54.1 Å². The Kier molecular flexibility index (Phi) is 8.33. The summed E-state index contributed by atoms with van der Waals surface area (Å²) in [4.78, 5) is 0. The lowest BCUT2D eigenvalue weighted by Gasteiger charge is -2.20. The number of ether oxygens (including phenoxy) is 2. The fourth-order valence-corrected chi connectivity index (χ4v) is 3.64. The highest BCUT2D eigenvalue weighted by Crippen LogP contribution is 2.38. The van der Waals surface area contributed by atoms with Gasteiger partial charge in [0.15, 0.2) is 17.5 Å².